The van der Waals surface area contributed by atoms with Crippen LogP contribution >= 0.6 is 23.2 Å². The molecular weight excluding hydrogens is 457 g/mol. The smallest absolute Gasteiger partial charge is 0.253 e. The van der Waals surface area contributed by atoms with Gasteiger partial charge >= 0.3 is 0 Å². The van der Waals surface area contributed by atoms with Crippen LogP contribution in [-0.2, 0) is 0 Å². The molecule has 0 saturated carbocycles. The van der Waals surface area contributed by atoms with Crippen molar-refractivity contribution in [3.05, 3.63) is 76.5 Å². The molecule has 0 N–H and O–H groups in total. The molecule has 6 nitrogen and oxygen atoms in total. The molecule has 8 heteroatoms. The Labute approximate surface area is 203 Å². The highest BCUT2D eigenvalue weighted by Gasteiger charge is 2.32. The van der Waals surface area contributed by atoms with Crippen LogP contribution in [0.4, 0.5) is 5.82 Å². The minimum absolute atomic E-state index is 0.0788. The zero-order valence-corrected chi connectivity index (χ0v) is 19.7. The molecule has 0 radical (unpaired) electrons. The second-order valence-electron chi connectivity index (χ2n) is 8.49. The molecular formula is C25H25Cl2N5O. The average molecular weight is 482 g/mol. The zero-order valence-electron chi connectivity index (χ0n) is 18.2. The minimum atomic E-state index is 0.0788. The predicted molar refractivity (Wildman–Crippen MR) is 132 cm³/mol. The van der Waals surface area contributed by atoms with Gasteiger partial charge in [-0.25, -0.2) is 9.97 Å². The van der Waals surface area contributed by atoms with E-state index in [4.69, 9.17) is 23.2 Å². The van der Waals surface area contributed by atoms with Crippen molar-refractivity contribution in [2.75, 3.05) is 44.2 Å². The van der Waals surface area contributed by atoms with E-state index in [1.807, 2.05) is 35.2 Å². The van der Waals surface area contributed by atoms with Gasteiger partial charge in [0.2, 0.25) is 0 Å². The van der Waals surface area contributed by atoms with Crippen molar-refractivity contribution >= 4 is 34.9 Å². The van der Waals surface area contributed by atoms with Crippen molar-refractivity contribution in [1.29, 1.82) is 0 Å². The highest BCUT2D eigenvalue weighted by Crippen LogP contribution is 2.26. The van der Waals surface area contributed by atoms with E-state index in [-0.39, 0.29) is 5.91 Å². The van der Waals surface area contributed by atoms with E-state index in [0.717, 1.165) is 62.8 Å². The molecule has 2 fully saturated rings. The highest BCUT2D eigenvalue weighted by molar-refractivity contribution is 6.30. The van der Waals surface area contributed by atoms with Crippen molar-refractivity contribution in [2.24, 2.45) is 0 Å². The van der Waals surface area contributed by atoms with E-state index in [2.05, 4.69) is 19.8 Å². The molecule has 3 heterocycles. The van der Waals surface area contributed by atoms with Crippen LogP contribution in [-0.4, -0.2) is 71.0 Å². The topological polar surface area (TPSA) is 52.6 Å². The maximum Gasteiger partial charge on any atom is 0.253 e. The zero-order chi connectivity index (χ0) is 22.8. The Morgan fingerprint density at radius 1 is 0.848 bits per heavy atom. The lowest BCUT2D eigenvalue weighted by Crippen LogP contribution is -2.52. The van der Waals surface area contributed by atoms with Crippen molar-refractivity contribution in [3.8, 4) is 11.3 Å². The number of benzene rings is 2. The normalized spacial score (nSPS) is 19.2. The third-order valence-corrected chi connectivity index (χ3v) is 6.99. The van der Waals surface area contributed by atoms with Gasteiger partial charge in [-0.1, -0.05) is 35.3 Å². The molecule has 0 bridgehead atoms. The fourth-order valence-corrected chi connectivity index (χ4v) is 4.86. The molecule has 0 unspecified atom stereocenters. The Morgan fingerprint density at radius 3 is 2.21 bits per heavy atom. The summed E-state index contributed by atoms with van der Waals surface area (Å²) in [5.41, 5.74) is 2.62. The first-order chi connectivity index (χ1) is 16.1. The maximum atomic E-state index is 12.8. The van der Waals surface area contributed by atoms with Crippen molar-refractivity contribution in [2.45, 2.75) is 12.5 Å². The van der Waals surface area contributed by atoms with Crippen LogP contribution in [0.15, 0.2) is 60.9 Å². The number of carbonyl (C=O) groups excluding carboxylic acids is 1. The Kier molecular flexibility index (Phi) is 6.49. The average Bonchev–Trinajstić information content (AvgIpc) is 3.35. The van der Waals surface area contributed by atoms with E-state index in [9.17, 15) is 4.79 Å². The van der Waals surface area contributed by atoms with Gasteiger partial charge in [0.25, 0.3) is 5.91 Å². The standard InChI is InChI=1S/C25H25Cl2N5O/c26-20-5-1-18(2-6-20)23-15-24(29-17-28-23)32-10-9-22(16-32)30-11-13-31(14-12-30)25(33)19-3-7-21(27)8-4-19/h1-8,15,17,22H,9-14,16H2/t22-/m0/s1. The Hall–Kier alpha value is -2.67. The summed E-state index contributed by atoms with van der Waals surface area (Å²) in [5.74, 6) is 1.03. The van der Waals surface area contributed by atoms with E-state index < -0.39 is 0 Å². The Bertz CT molecular complexity index is 1110. The van der Waals surface area contributed by atoms with Gasteiger partial charge in [0.05, 0.1) is 5.69 Å². The molecule has 33 heavy (non-hydrogen) atoms. The van der Waals surface area contributed by atoms with Gasteiger partial charge < -0.3 is 9.80 Å². The SMILES string of the molecule is O=C(c1ccc(Cl)cc1)N1CCN([C@H]2CCN(c3cc(-c4ccc(Cl)cc4)ncn3)C2)CC1. The van der Waals surface area contributed by atoms with Gasteiger partial charge in [0.15, 0.2) is 0 Å². The second-order valence-corrected chi connectivity index (χ2v) is 9.36. The molecule has 1 amide bonds. The molecule has 2 aromatic carbocycles. The van der Waals surface area contributed by atoms with Crippen LogP contribution in [0.1, 0.15) is 16.8 Å². The quantitative estimate of drug-likeness (QED) is 0.549. The molecule has 2 aliphatic heterocycles. The summed E-state index contributed by atoms with van der Waals surface area (Å²) in [6, 6.07) is 17.4. The summed E-state index contributed by atoms with van der Waals surface area (Å²) in [6.45, 7) is 5.15. The van der Waals surface area contributed by atoms with Gasteiger partial charge in [0.1, 0.15) is 12.1 Å². The van der Waals surface area contributed by atoms with Gasteiger partial charge in [-0.3, -0.25) is 9.69 Å². The number of nitrogens with zero attached hydrogens (tertiary/aromatic N) is 5. The number of amides is 1. The first-order valence-corrected chi connectivity index (χ1v) is 11.9. The van der Waals surface area contributed by atoms with E-state index in [1.165, 1.54) is 0 Å². The molecule has 1 aromatic heterocycles. The van der Waals surface area contributed by atoms with Crippen molar-refractivity contribution < 1.29 is 4.79 Å². The molecule has 0 spiro atoms. The van der Waals surface area contributed by atoms with Crippen LogP contribution in [0.5, 0.6) is 0 Å². The lowest BCUT2D eigenvalue weighted by molar-refractivity contribution is 0.0585. The van der Waals surface area contributed by atoms with E-state index in [1.54, 1.807) is 30.6 Å². The summed E-state index contributed by atoms with van der Waals surface area (Å²) in [7, 11) is 0. The number of hydrogen-bond acceptors (Lipinski definition) is 5. The number of anilines is 1. The monoisotopic (exact) mass is 481 g/mol. The fraction of sp³-hybridized carbons (Fsp3) is 0.320. The number of rotatable bonds is 4. The third kappa shape index (κ3) is 4.98. The van der Waals surface area contributed by atoms with Crippen LogP contribution in [0.2, 0.25) is 10.0 Å². The Balaban J connectivity index is 1.18. The predicted octanol–water partition coefficient (Wildman–Crippen LogP) is 4.49. The summed E-state index contributed by atoms with van der Waals surface area (Å²) in [4.78, 5) is 28.5. The third-order valence-electron chi connectivity index (χ3n) is 6.49. The molecule has 2 aliphatic rings. The van der Waals surface area contributed by atoms with Gasteiger partial charge in [-0.05, 0) is 42.8 Å². The summed E-state index contributed by atoms with van der Waals surface area (Å²) in [5, 5.41) is 1.36. The van der Waals surface area contributed by atoms with Gasteiger partial charge in [0, 0.05) is 72.5 Å². The van der Waals surface area contributed by atoms with Gasteiger partial charge in [-0.15, -0.1) is 0 Å². The first-order valence-electron chi connectivity index (χ1n) is 11.2. The lowest BCUT2D eigenvalue weighted by atomic mass is 10.1. The number of aromatic nitrogens is 2. The number of carbonyl (C=O) groups is 1. The van der Waals surface area contributed by atoms with E-state index in [0.29, 0.717) is 21.7 Å². The van der Waals surface area contributed by atoms with Crippen molar-refractivity contribution in [1.82, 2.24) is 19.8 Å². The lowest BCUT2D eigenvalue weighted by Gasteiger charge is -2.38. The number of halogens is 2. The highest BCUT2D eigenvalue weighted by atomic mass is 35.5. The van der Waals surface area contributed by atoms with Crippen LogP contribution < -0.4 is 4.90 Å². The molecule has 0 aliphatic carbocycles. The molecule has 3 aromatic rings. The molecule has 170 valence electrons. The summed E-state index contributed by atoms with van der Waals surface area (Å²) >= 11 is 12.0. The molecule has 1 atom stereocenters. The summed E-state index contributed by atoms with van der Waals surface area (Å²) < 4.78 is 0. The van der Waals surface area contributed by atoms with Crippen LogP contribution in [0.3, 0.4) is 0 Å². The summed E-state index contributed by atoms with van der Waals surface area (Å²) in [6.07, 6.45) is 2.72. The Morgan fingerprint density at radius 2 is 1.52 bits per heavy atom. The van der Waals surface area contributed by atoms with Crippen LogP contribution in [0.25, 0.3) is 11.3 Å². The second kappa shape index (κ2) is 9.67. The van der Waals surface area contributed by atoms with Crippen molar-refractivity contribution in [3.63, 3.8) is 0 Å². The van der Waals surface area contributed by atoms with Gasteiger partial charge in [-0.2, -0.15) is 0 Å². The number of hydrogen-bond donors (Lipinski definition) is 0. The number of piperazine rings is 1. The van der Waals surface area contributed by atoms with Crippen LogP contribution in [0, 0.1) is 0 Å². The molecule has 5 rings (SSSR count). The largest absolute Gasteiger partial charge is 0.355 e. The maximum absolute atomic E-state index is 12.8. The fourth-order valence-electron chi connectivity index (χ4n) is 4.61. The van der Waals surface area contributed by atoms with E-state index >= 15 is 0 Å². The molecule has 2 saturated heterocycles. The first kappa shape index (κ1) is 22.1. The minimum Gasteiger partial charge on any atom is -0.355 e.